The van der Waals surface area contributed by atoms with Gasteiger partial charge in [-0.25, -0.2) is 4.98 Å². The third kappa shape index (κ3) is 4.80. The molecule has 19 heavy (non-hydrogen) atoms. The van der Waals surface area contributed by atoms with E-state index in [0.717, 1.165) is 0 Å². The molecule has 0 atom stereocenters. The number of amides is 2. The van der Waals surface area contributed by atoms with Gasteiger partial charge in [-0.2, -0.15) is 0 Å². The van der Waals surface area contributed by atoms with Gasteiger partial charge in [0.05, 0.1) is 30.6 Å². The Hall–Kier alpha value is -2.35. The van der Waals surface area contributed by atoms with Gasteiger partial charge in [-0.1, -0.05) is 0 Å². The molecule has 1 aromatic rings. The van der Waals surface area contributed by atoms with E-state index >= 15 is 0 Å². The molecule has 1 heterocycles. The van der Waals surface area contributed by atoms with E-state index in [9.17, 15) is 9.59 Å². The predicted octanol–water partition coefficient (Wildman–Crippen LogP) is -1.06. The molecule has 0 aromatic carbocycles. The van der Waals surface area contributed by atoms with Crippen LogP contribution in [0.4, 0.5) is 11.5 Å². The highest BCUT2D eigenvalue weighted by atomic mass is 16.5. The summed E-state index contributed by atoms with van der Waals surface area (Å²) in [4.78, 5) is 26.4. The monoisotopic (exact) mass is 267 g/mol. The normalized spacial score (nSPS) is 9.95. The lowest BCUT2D eigenvalue weighted by Crippen LogP contribution is -2.32. The summed E-state index contributed by atoms with van der Waals surface area (Å²) < 4.78 is 4.80. The van der Waals surface area contributed by atoms with Crippen molar-refractivity contribution < 1.29 is 14.3 Å². The van der Waals surface area contributed by atoms with Crippen LogP contribution in [0.15, 0.2) is 12.3 Å². The molecule has 104 valence electrons. The van der Waals surface area contributed by atoms with Gasteiger partial charge in [0.15, 0.2) is 0 Å². The fraction of sp³-hybridized carbons (Fsp3) is 0.364. The molecule has 8 heteroatoms. The van der Waals surface area contributed by atoms with Gasteiger partial charge in [0.1, 0.15) is 5.82 Å². The number of nitrogen functional groups attached to an aromatic ring is 1. The number of anilines is 2. The summed E-state index contributed by atoms with van der Waals surface area (Å²) in [6.45, 7) is 0.898. The van der Waals surface area contributed by atoms with Crippen LogP contribution in [0.5, 0.6) is 0 Å². The molecular weight excluding hydrogens is 250 g/mol. The number of hydrogen-bond acceptors (Lipinski definition) is 6. The second-order valence-corrected chi connectivity index (χ2v) is 3.72. The van der Waals surface area contributed by atoms with E-state index in [1.54, 1.807) is 7.11 Å². The van der Waals surface area contributed by atoms with Gasteiger partial charge in [-0.05, 0) is 6.07 Å². The zero-order valence-electron chi connectivity index (χ0n) is 10.6. The van der Waals surface area contributed by atoms with E-state index < -0.39 is 5.91 Å². The predicted molar refractivity (Wildman–Crippen MR) is 70.5 cm³/mol. The van der Waals surface area contributed by atoms with E-state index in [1.807, 2.05) is 0 Å². The third-order valence-corrected chi connectivity index (χ3v) is 2.26. The smallest absolute Gasteiger partial charge is 0.250 e. The number of methoxy groups -OCH3 is 1. The van der Waals surface area contributed by atoms with Gasteiger partial charge in [-0.15, -0.1) is 0 Å². The van der Waals surface area contributed by atoms with Crippen LogP contribution in [-0.2, 0) is 9.53 Å². The highest BCUT2D eigenvalue weighted by Crippen LogP contribution is 2.13. The molecule has 2 amide bonds. The zero-order chi connectivity index (χ0) is 14.3. The molecule has 0 bridgehead atoms. The minimum Gasteiger partial charge on any atom is -0.397 e. The van der Waals surface area contributed by atoms with Crippen LogP contribution >= 0.6 is 0 Å². The van der Waals surface area contributed by atoms with Crippen LogP contribution in [0.2, 0.25) is 0 Å². The fourth-order valence-electron chi connectivity index (χ4n) is 1.30. The minimum atomic E-state index is -0.646. The number of ether oxygens (including phenoxy) is 1. The first kappa shape index (κ1) is 14.7. The molecule has 8 nitrogen and oxygen atoms in total. The van der Waals surface area contributed by atoms with Crippen LogP contribution in [0.1, 0.15) is 10.4 Å². The largest absolute Gasteiger partial charge is 0.397 e. The number of carbonyl (C=O) groups is 2. The first-order valence-electron chi connectivity index (χ1n) is 5.59. The maximum atomic E-state index is 11.4. The molecule has 0 radical (unpaired) electrons. The lowest BCUT2D eigenvalue weighted by atomic mass is 10.2. The lowest BCUT2D eigenvalue weighted by molar-refractivity contribution is -0.119. The Labute approximate surface area is 110 Å². The minimum absolute atomic E-state index is 0.0266. The Bertz CT molecular complexity index is 464. The maximum Gasteiger partial charge on any atom is 0.250 e. The zero-order valence-corrected chi connectivity index (χ0v) is 10.6. The Kier molecular flexibility index (Phi) is 5.55. The van der Waals surface area contributed by atoms with E-state index in [2.05, 4.69) is 15.6 Å². The average molecular weight is 267 g/mol. The molecule has 0 unspecified atom stereocenters. The number of primary amides is 1. The highest BCUT2D eigenvalue weighted by molar-refractivity contribution is 5.98. The first-order valence-corrected chi connectivity index (χ1v) is 5.59. The summed E-state index contributed by atoms with van der Waals surface area (Å²) in [6.07, 6.45) is 1.31. The van der Waals surface area contributed by atoms with Crippen LogP contribution in [0, 0.1) is 0 Å². The standard InChI is InChI=1S/C11H17N5O3/c1-19-3-2-14-10(17)6-16-9-4-7(11(13)18)8(12)5-15-9/h4-5H,2-3,6,12H2,1H3,(H2,13,18)(H,14,17)(H,15,16). The van der Waals surface area contributed by atoms with Crippen LogP contribution in [0.3, 0.4) is 0 Å². The van der Waals surface area contributed by atoms with Crippen molar-refractivity contribution in [3.8, 4) is 0 Å². The third-order valence-electron chi connectivity index (χ3n) is 2.26. The molecule has 0 aliphatic rings. The van der Waals surface area contributed by atoms with E-state index in [1.165, 1.54) is 12.3 Å². The summed E-state index contributed by atoms with van der Waals surface area (Å²) in [6, 6.07) is 1.40. The summed E-state index contributed by atoms with van der Waals surface area (Å²) in [5.74, 6) is -0.506. The van der Waals surface area contributed by atoms with Crippen molar-refractivity contribution in [1.29, 1.82) is 0 Å². The maximum absolute atomic E-state index is 11.4. The van der Waals surface area contributed by atoms with Crippen LogP contribution in [-0.4, -0.2) is 43.6 Å². The van der Waals surface area contributed by atoms with Crippen molar-refractivity contribution in [3.05, 3.63) is 17.8 Å². The molecular formula is C11H17N5O3. The summed E-state index contributed by atoms with van der Waals surface area (Å²) in [5, 5.41) is 5.40. The van der Waals surface area contributed by atoms with E-state index in [-0.39, 0.29) is 23.7 Å². The summed E-state index contributed by atoms with van der Waals surface area (Å²) in [7, 11) is 1.55. The number of rotatable bonds is 7. The van der Waals surface area contributed by atoms with Crippen molar-refractivity contribution in [2.24, 2.45) is 5.73 Å². The summed E-state index contributed by atoms with van der Waals surface area (Å²) in [5.41, 5.74) is 11.1. The molecule has 0 spiro atoms. The van der Waals surface area contributed by atoms with E-state index in [0.29, 0.717) is 19.0 Å². The van der Waals surface area contributed by atoms with Gasteiger partial charge in [-0.3, -0.25) is 9.59 Å². The molecule has 0 saturated carbocycles. The molecule has 0 saturated heterocycles. The number of nitrogens with one attached hydrogen (secondary N) is 2. The topological polar surface area (TPSA) is 132 Å². The van der Waals surface area contributed by atoms with Gasteiger partial charge in [0, 0.05) is 13.7 Å². The van der Waals surface area contributed by atoms with Crippen LogP contribution in [0.25, 0.3) is 0 Å². The van der Waals surface area contributed by atoms with Crippen molar-refractivity contribution in [2.45, 2.75) is 0 Å². The Morgan fingerprint density at radius 2 is 2.21 bits per heavy atom. The molecule has 1 rings (SSSR count). The molecule has 6 N–H and O–H groups in total. The van der Waals surface area contributed by atoms with Gasteiger partial charge >= 0.3 is 0 Å². The number of nitrogens with zero attached hydrogens (tertiary/aromatic N) is 1. The number of nitrogens with two attached hydrogens (primary N) is 2. The van der Waals surface area contributed by atoms with Gasteiger partial charge in [0.2, 0.25) is 5.91 Å². The summed E-state index contributed by atoms with van der Waals surface area (Å²) >= 11 is 0. The second kappa shape index (κ2) is 7.17. The van der Waals surface area contributed by atoms with Crippen molar-refractivity contribution >= 4 is 23.3 Å². The molecule has 0 fully saturated rings. The van der Waals surface area contributed by atoms with Crippen molar-refractivity contribution in [1.82, 2.24) is 10.3 Å². The Morgan fingerprint density at radius 1 is 1.47 bits per heavy atom. The molecule has 0 aliphatic carbocycles. The fourth-order valence-corrected chi connectivity index (χ4v) is 1.30. The first-order chi connectivity index (χ1) is 9.04. The lowest BCUT2D eigenvalue weighted by Gasteiger charge is -2.08. The van der Waals surface area contributed by atoms with Gasteiger partial charge < -0.3 is 26.8 Å². The van der Waals surface area contributed by atoms with Crippen molar-refractivity contribution in [3.63, 3.8) is 0 Å². The van der Waals surface area contributed by atoms with Crippen LogP contribution < -0.4 is 22.1 Å². The highest BCUT2D eigenvalue weighted by Gasteiger charge is 2.08. The van der Waals surface area contributed by atoms with Gasteiger partial charge in [0.25, 0.3) is 5.91 Å². The number of aromatic nitrogens is 1. The SMILES string of the molecule is COCCNC(=O)CNc1cc(C(N)=O)c(N)cn1. The number of carbonyl (C=O) groups excluding carboxylic acids is 2. The molecule has 1 aromatic heterocycles. The average Bonchev–Trinajstić information content (AvgIpc) is 2.37. The molecule has 0 aliphatic heterocycles. The number of pyridine rings is 1. The number of hydrogen-bond donors (Lipinski definition) is 4. The Balaban J connectivity index is 2.51. The van der Waals surface area contributed by atoms with E-state index in [4.69, 9.17) is 16.2 Å². The van der Waals surface area contributed by atoms with Crippen molar-refractivity contribution in [2.75, 3.05) is 37.9 Å². The second-order valence-electron chi connectivity index (χ2n) is 3.72. The Morgan fingerprint density at radius 3 is 2.84 bits per heavy atom. The quantitative estimate of drug-likeness (QED) is 0.465.